The van der Waals surface area contributed by atoms with E-state index >= 15 is 0 Å². The van der Waals surface area contributed by atoms with E-state index in [1.165, 1.54) is 0 Å². The Labute approximate surface area is 54.9 Å². The van der Waals surface area contributed by atoms with Crippen molar-refractivity contribution in [2.24, 2.45) is 11.7 Å². The zero-order valence-electron chi connectivity index (χ0n) is 5.79. The van der Waals surface area contributed by atoms with Crippen molar-refractivity contribution in [3.8, 4) is 0 Å². The van der Waals surface area contributed by atoms with E-state index in [4.69, 9.17) is 10.8 Å². The van der Waals surface area contributed by atoms with E-state index in [1.54, 1.807) is 13.8 Å². The summed E-state index contributed by atoms with van der Waals surface area (Å²) in [5.41, 5.74) is 5.37. The molecule has 0 amide bonds. The predicted molar refractivity (Wildman–Crippen MR) is 35.1 cm³/mol. The van der Waals surface area contributed by atoms with Gasteiger partial charge in [0.15, 0.2) is 0 Å². The molecule has 0 spiro atoms. The smallest absolute Gasteiger partial charge is 0.306 e. The molecule has 0 aromatic carbocycles. The van der Waals surface area contributed by atoms with E-state index in [0.29, 0.717) is 6.42 Å². The van der Waals surface area contributed by atoms with Gasteiger partial charge in [-0.3, -0.25) is 4.79 Å². The van der Waals surface area contributed by atoms with Crippen molar-refractivity contribution in [3.05, 3.63) is 0 Å². The number of rotatable bonds is 3. The van der Waals surface area contributed by atoms with Gasteiger partial charge in [-0.15, -0.1) is 0 Å². The Morgan fingerprint density at radius 2 is 2.11 bits per heavy atom. The molecule has 0 rings (SSSR count). The quantitative estimate of drug-likeness (QED) is 0.584. The Kier molecular flexibility index (Phi) is 3.24. The number of hydrogen-bond donors (Lipinski definition) is 2. The Bertz CT molecular complexity index is 101. The number of aliphatic carboxylic acids is 1. The largest absolute Gasteiger partial charge is 0.481 e. The molecule has 0 saturated carbocycles. The maximum Gasteiger partial charge on any atom is 0.306 e. The van der Waals surface area contributed by atoms with Crippen LogP contribution in [0.4, 0.5) is 0 Å². The van der Waals surface area contributed by atoms with Crippen molar-refractivity contribution in [2.45, 2.75) is 26.3 Å². The Hall–Kier alpha value is -0.570. The molecule has 3 nitrogen and oxygen atoms in total. The summed E-state index contributed by atoms with van der Waals surface area (Å²) in [7, 11) is 0. The number of nitrogens with two attached hydrogens (primary N) is 1. The molecule has 54 valence electrons. The minimum atomic E-state index is -0.771. The van der Waals surface area contributed by atoms with Gasteiger partial charge in [-0.2, -0.15) is 0 Å². The highest BCUT2D eigenvalue weighted by Crippen LogP contribution is 2.02. The summed E-state index contributed by atoms with van der Waals surface area (Å²) in [5, 5.41) is 8.38. The van der Waals surface area contributed by atoms with Crippen molar-refractivity contribution in [2.75, 3.05) is 0 Å². The van der Waals surface area contributed by atoms with Crippen molar-refractivity contribution in [3.63, 3.8) is 0 Å². The van der Waals surface area contributed by atoms with E-state index in [-0.39, 0.29) is 12.0 Å². The molecule has 0 aromatic rings. The first-order valence-electron chi connectivity index (χ1n) is 3.02. The normalized spacial score (nSPS) is 16.8. The molecule has 3 N–H and O–H groups in total. The molecule has 9 heavy (non-hydrogen) atoms. The first kappa shape index (κ1) is 8.43. The third-order valence-corrected chi connectivity index (χ3v) is 1.15. The van der Waals surface area contributed by atoms with Gasteiger partial charge in [0.25, 0.3) is 0 Å². The van der Waals surface area contributed by atoms with E-state index in [9.17, 15) is 4.79 Å². The highest BCUT2D eigenvalue weighted by molar-refractivity contribution is 5.69. The summed E-state index contributed by atoms with van der Waals surface area (Å²) in [6, 6.07) is -0.0175. The van der Waals surface area contributed by atoms with E-state index in [1.807, 2.05) is 0 Å². The number of carboxylic acid groups (broad SMARTS) is 1. The molecule has 0 aliphatic heterocycles. The zero-order chi connectivity index (χ0) is 7.44. The predicted octanol–water partition coefficient (Wildman–Crippen LogP) is 0.444. The maximum atomic E-state index is 10.2. The molecular weight excluding hydrogens is 118 g/mol. The van der Waals surface area contributed by atoms with Crippen LogP contribution < -0.4 is 5.73 Å². The Morgan fingerprint density at radius 3 is 2.22 bits per heavy atom. The van der Waals surface area contributed by atoms with Crippen LogP contribution in [-0.2, 0) is 4.79 Å². The van der Waals surface area contributed by atoms with Crippen LogP contribution in [-0.4, -0.2) is 17.1 Å². The van der Waals surface area contributed by atoms with Gasteiger partial charge in [-0.25, -0.2) is 0 Å². The van der Waals surface area contributed by atoms with Crippen molar-refractivity contribution in [1.29, 1.82) is 0 Å². The number of hydrogen-bond acceptors (Lipinski definition) is 2. The molecule has 3 heteroatoms. The highest BCUT2D eigenvalue weighted by Gasteiger charge is 2.11. The van der Waals surface area contributed by atoms with Crippen LogP contribution in [0.25, 0.3) is 0 Å². The molecule has 1 unspecified atom stereocenters. The topological polar surface area (TPSA) is 63.3 Å². The van der Waals surface area contributed by atoms with Crippen molar-refractivity contribution < 1.29 is 9.90 Å². The van der Waals surface area contributed by atoms with Crippen LogP contribution in [0.3, 0.4) is 0 Å². The molecule has 0 radical (unpaired) electrons. The number of carbonyl (C=O) groups is 1. The molecule has 0 aromatic heterocycles. The van der Waals surface area contributed by atoms with E-state index in [2.05, 4.69) is 0 Å². The van der Waals surface area contributed by atoms with Crippen LogP contribution in [0.1, 0.15) is 20.3 Å². The van der Waals surface area contributed by atoms with E-state index < -0.39 is 5.97 Å². The molecule has 0 aliphatic carbocycles. The lowest BCUT2D eigenvalue weighted by atomic mass is 10.0. The summed E-state index contributed by atoms with van der Waals surface area (Å²) in [6.07, 6.45) is 0.551. The molecule has 0 fully saturated rings. The third-order valence-electron chi connectivity index (χ3n) is 1.15. The second-order valence-electron chi connectivity index (χ2n) is 2.45. The van der Waals surface area contributed by atoms with Gasteiger partial charge in [0, 0.05) is 6.04 Å². The summed E-state index contributed by atoms with van der Waals surface area (Å²) < 4.78 is 0. The average Bonchev–Trinajstić information content (AvgIpc) is 1.63. The summed E-state index contributed by atoms with van der Waals surface area (Å²) >= 11 is 0. The molecule has 0 heterocycles. The average molecular weight is 131 g/mol. The van der Waals surface area contributed by atoms with Gasteiger partial charge in [0.1, 0.15) is 0 Å². The number of carboxylic acids is 1. The fraction of sp³-hybridized carbons (Fsp3) is 0.833. The van der Waals surface area contributed by atoms with Crippen LogP contribution in [0, 0.1) is 5.92 Å². The Morgan fingerprint density at radius 1 is 1.67 bits per heavy atom. The van der Waals surface area contributed by atoms with Crippen molar-refractivity contribution >= 4 is 5.97 Å². The molecule has 2 atom stereocenters. The fourth-order valence-corrected chi connectivity index (χ4v) is 0.658. The van der Waals surface area contributed by atoms with Gasteiger partial charge in [-0.05, 0) is 13.3 Å². The summed E-state index contributed by atoms with van der Waals surface area (Å²) in [5.74, 6) is -1.09. The first-order chi connectivity index (χ1) is 4.04. The minimum Gasteiger partial charge on any atom is -0.481 e. The van der Waals surface area contributed by atoms with Gasteiger partial charge < -0.3 is 10.8 Å². The summed E-state index contributed by atoms with van der Waals surface area (Å²) in [4.78, 5) is 10.2. The lowest BCUT2D eigenvalue weighted by Crippen LogP contribution is -2.22. The molecular formula is C6H13NO2. The second kappa shape index (κ2) is 3.45. The summed E-state index contributed by atoms with van der Waals surface area (Å²) in [6.45, 7) is 3.46. The van der Waals surface area contributed by atoms with Crippen LogP contribution in [0.5, 0.6) is 0 Å². The molecule has 0 saturated heterocycles. The van der Waals surface area contributed by atoms with Gasteiger partial charge in [0.2, 0.25) is 0 Å². The third kappa shape index (κ3) is 3.97. The fourth-order valence-electron chi connectivity index (χ4n) is 0.658. The zero-order valence-corrected chi connectivity index (χ0v) is 5.79. The van der Waals surface area contributed by atoms with Crippen molar-refractivity contribution in [1.82, 2.24) is 0 Å². The lowest BCUT2D eigenvalue weighted by molar-refractivity contribution is -0.141. The van der Waals surface area contributed by atoms with Crippen LogP contribution >= 0.6 is 0 Å². The van der Waals surface area contributed by atoms with Gasteiger partial charge in [0.05, 0.1) is 5.92 Å². The van der Waals surface area contributed by atoms with Crippen LogP contribution in [0.2, 0.25) is 0 Å². The monoisotopic (exact) mass is 131 g/mol. The van der Waals surface area contributed by atoms with E-state index in [0.717, 1.165) is 0 Å². The SMILES string of the molecule is CC(C[C@H](C)N)C(=O)O. The minimum absolute atomic E-state index is 0.0175. The first-order valence-corrected chi connectivity index (χ1v) is 3.02. The molecule has 0 bridgehead atoms. The second-order valence-corrected chi connectivity index (χ2v) is 2.45. The van der Waals surface area contributed by atoms with Crippen LogP contribution in [0.15, 0.2) is 0 Å². The maximum absolute atomic E-state index is 10.2. The highest BCUT2D eigenvalue weighted by atomic mass is 16.4. The van der Waals surface area contributed by atoms with Gasteiger partial charge >= 0.3 is 5.97 Å². The molecule has 0 aliphatic rings. The standard InChI is InChI=1S/C6H13NO2/c1-4(6(8)9)3-5(2)7/h4-5H,3,7H2,1-2H3,(H,8,9)/t4?,5-/m0/s1. The Balaban J connectivity index is 3.50. The lowest BCUT2D eigenvalue weighted by Gasteiger charge is -2.07. The van der Waals surface area contributed by atoms with Gasteiger partial charge in [-0.1, -0.05) is 6.92 Å².